The fourth-order valence-electron chi connectivity index (χ4n) is 4.25. The van der Waals surface area contributed by atoms with Crippen molar-refractivity contribution in [2.45, 2.75) is 44.9 Å². The van der Waals surface area contributed by atoms with Gasteiger partial charge >= 0.3 is 0 Å². The third-order valence-corrected chi connectivity index (χ3v) is 5.61. The van der Waals surface area contributed by atoms with Crippen LogP contribution in [-0.4, -0.2) is 37.3 Å². The van der Waals surface area contributed by atoms with Gasteiger partial charge in [-0.3, -0.25) is 0 Å². The predicted molar refractivity (Wildman–Crippen MR) is 103 cm³/mol. The van der Waals surface area contributed by atoms with Crippen LogP contribution in [0.15, 0.2) is 18.2 Å². The Morgan fingerprint density at radius 2 is 1.73 bits per heavy atom. The van der Waals surface area contributed by atoms with Gasteiger partial charge in [-0.05, 0) is 56.7 Å². The molecule has 2 aromatic rings. The first-order chi connectivity index (χ1) is 12.7. The molecule has 2 heterocycles. The van der Waals surface area contributed by atoms with Crippen LogP contribution >= 0.6 is 0 Å². The summed E-state index contributed by atoms with van der Waals surface area (Å²) < 4.78 is 10.9. The zero-order valence-electron chi connectivity index (χ0n) is 15.9. The second-order valence-corrected chi connectivity index (χ2v) is 7.30. The molecular weight excluding hydrogens is 326 g/mol. The molecule has 4 rings (SSSR count). The van der Waals surface area contributed by atoms with Gasteiger partial charge in [0.2, 0.25) is 0 Å². The van der Waals surface area contributed by atoms with E-state index < -0.39 is 0 Å². The zero-order chi connectivity index (χ0) is 18.1. The van der Waals surface area contributed by atoms with Gasteiger partial charge in [0.05, 0.1) is 14.2 Å². The molecule has 5 nitrogen and oxygen atoms in total. The molecule has 0 saturated carbocycles. The zero-order valence-corrected chi connectivity index (χ0v) is 15.9. The summed E-state index contributed by atoms with van der Waals surface area (Å²) in [5.74, 6) is 4.24. The number of benzene rings is 1. The van der Waals surface area contributed by atoms with Crippen LogP contribution in [0.3, 0.4) is 0 Å². The summed E-state index contributed by atoms with van der Waals surface area (Å²) in [4.78, 5) is 12.0. The molecule has 1 aliphatic heterocycles. The summed E-state index contributed by atoms with van der Waals surface area (Å²) in [6.45, 7) is 4.03. The standard InChI is InChI=1S/C21H27N3O2/c1-14-22-20-7-5-4-6-19(20)21(23-14)24-9-8-15(13-24)16-10-17(25-2)12-18(11-16)26-3/h10-12,15H,4-9,13H2,1-3H3. The molecule has 2 aliphatic rings. The summed E-state index contributed by atoms with van der Waals surface area (Å²) in [6.07, 6.45) is 5.81. The minimum Gasteiger partial charge on any atom is -0.497 e. The molecule has 1 saturated heterocycles. The molecule has 0 spiro atoms. The van der Waals surface area contributed by atoms with E-state index in [-0.39, 0.29) is 0 Å². The third-order valence-electron chi connectivity index (χ3n) is 5.61. The van der Waals surface area contributed by atoms with Crippen LogP contribution in [0.2, 0.25) is 0 Å². The summed E-state index contributed by atoms with van der Waals surface area (Å²) in [6, 6.07) is 6.20. The SMILES string of the molecule is COc1cc(OC)cc(C2CCN(c3nc(C)nc4c3CCCC4)C2)c1. The van der Waals surface area contributed by atoms with E-state index in [9.17, 15) is 0 Å². The Hall–Kier alpha value is -2.30. The Kier molecular flexibility index (Phi) is 4.70. The molecule has 5 heteroatoms. The average Bonchev–Trinajstić information content (AvgIpc) is 3.17. The number of aryl methyl sites for hydroxylation is 2. The molecule has 0 N–H and O–H groups in total. The number of aromatic nitrogens is 2. The second kappa shape index (κ2) is 7.14. The first-order valence-electron chi connectivity index (χ1n) is 9.52. The number of methoxy groups -OCH3 is 2. The lowest BCUT2D eigenvalue weighted by molar-refractivity contribution is 0.393. The van der Waals surface area contributed by atoms with Crippen LogP contribution in [0.5, 0.6) is 11.5 Å². The molecule has 26 heavy (non-hydrogen) atoms. The molecule has 1 aromatic heterocycles. The maximum atomic E-state index is 5.44. The smallest absolute Gasteiger partial charge is 0.135 e. The molecule has 1 aromatic carbocycles. The molecule has 1 fully saturated rings. The Labute approximate surface area is 155 Å². The van der Waals surface area contributed by atoms with Gasteiger partial charge < -0.3 is 14.4 Å². The number of ether oxygens (including phenoxy) is 2. The van der Waals surface area contributed by atoms with E-state index in [1.54, 1.807) is 14.2 Å². The van der Waals surface area contributed by atoms with Crippen LogP contribution in [0.4, 0.5) is 5.82 Å². The van der Waals surface area contributed by atoms with Gasteiger partial charge in [0.1, 0.15) is 23.1 Å². The molecule has 0 bridgehead atoms. The lowest BCUT2D eigenvalue weighted by Gasteiger charge is -2.25. The van der Waals surface area contributed by atoms with Crippen LogP contribution in [0.25, 0.3) is 0 Å². The minimum atomic E-state index is 0.466. The Morgan fingerprint density at radius 1 is 1.00 bits per heavy atom. The van der Waals surface area contributed by atoms with Crippen molar-refractivity contribution < 1.29 is 9.47 Å². The monoisotopic (exact) mass is 353 g/mol. The van der Waals surface area contributed by atoms with Crippen molar-refractivity contribution >= 4 is 5.82 Å². The fourth-order valence-corrected chi connectivity index (χ4v) is 4.25. The van der Waals surface area contributed by atoms with Gasteiger partial charge in [0, 0.05) is 36.3 Å². The highest BCUT2D eigenvalue weighted by molar-refractivity contribution is 5.52. The van der Waals surface area contributed by atoms with Crippen LogP contribution in [0, 0.1) is 6.92 Å². The third kappa shape index (κ3) is 3.22. The van der Waals surface area contributed by atoms with E-state index in [0.29, 0.717) is 5.92 Å². The predicted octanol–water partition coefficient (Wildman–Crippen LogP) is 3.67. The molecule has 1 atom stereocenters. The molecule has 1 aliphatic carbocycles. The van der Waals surface area contributed by atoms with Gasteiger partial charge in [0.15, 0.2) is 0 Å². The first-order valence-corrected chi connectivity index (χ1v) is 9.52. The van der Waals surface area contributed by atoms with Crippen LogP contribution in [0.1, 0.15) is 47.8 Å². The number of hydrogen-bond donors (Lipinski definition) is 0. The van der Waals surface area contributed by atoms with Crippen LogP contribution < -0.4 is 14.4 Å². The number of hydrogen-bond acceptors (Lipinski definition) is 5. The summed E-state index contributed by atoms with van der Waals surface area (Å²) in [5, 5.41) is 0. The maximum absolute atomic E-state index is 5.44. The Morgan fingerprint density at radius 3 is 2.46 bits per heavy atom. The topological polar surface area (TPSA) is 47.5 Å². The maximum Gasteiger partial charge on any atom is 0.135 e. The highest BCUT2D eigenvalue weighted by atomic mass is 16.5. The van der Waals surface area contributed by atoms with E-state index in [0.717, 1.165) is 49.7 Å². The first kappa shape index (κ1) is 17.1. The quantitative estimate of drug-likeness (QED) is 0.839. The number of nitrogens with zero attached hydrogens (tertiary/aromatic N) is 3. The van der Waals surface area contributed by atoms with Gasteiger partial charge in [-0.15, -0.1) is 0 Å². The number of anilines is 1. The average molecular weight is 353 g/mol. The van der Waals surface area contributed by atoms with Gasteiger partial charge in [-0.1, -0.05) is 0 Å². The van der Waals surface area contributed by atoms with Crippen molar-refractivity contribution in [1.29, 1.82) is 0 Å². The fraction of sp³-hybridized carbons (Fsp3) is 0.524. The second-order valence-electron chi connectivity index (χ2n) is 7.30. The van der Waals surface area contributed by atoms with Crippen molar-refractivity contribution in [3.63, 3.8) is 0 Å². The van der Waals surface area contributed by atoms with E-state index in [4.69, 9.17) is 19.4 Å². The molecule has 138 valence electrons. The van der Waals surface area contributed by atoms with Gasteiger partial charge in [-0.25, -0.2) is 9.97 Å². The molecule has 0 radical (unpaired) electrons. The minimum absolute atomic E-state index is 0.466. The Balaban J connectivity index is 1.61. The van der Waals surface area contributed by atoms with E-state index in [1.807, 2.05) is 13.0 Å². The number of rotatable bonds is 4. The lowest BCUT2D eigenvalue weighted by atomic mass is 9.96. The molecule has 0 amide bonds. The summed E-state index contributed by atoms with van der Waals surface area (Å²) in [5.41, 5.74) is 3.93. The Bertz CT molecular complexity index is 784. The van der Waals surface area contributed by atoms with Crippen molar-refractivity contribution in [2.75, 3.05) is 32.2 Å². The molecular formula is C21H27N3O2. The van der Waals surface area contributed by atoms with Gasteiger partial charge in [-0.2, -0.15) is 0 Å². The van der Waals surface area contributed by atoms with Crippen molar-refractivity contribution in [2.24, 2.45) is 0 Å². The molecule has 1 unspecified atom stereocenters. The number of fused-ring (bicyclic) bond motifs is 1. The largest absolute Gasteiger partial charge is 0.497 e. The van der Waals surface area contributed by atoms with Crippen molar-refractivity contribution in [1.82, 2.24) is 9.97 Å². The summed E-state index contributed by atoms with van der Waals surface area (Å²) >= 11 is 0. The van der Waals surface area contributed by atoms with E-state index >= 15 is 0 Å². The highest BCUT2D eigenvalue weighted by Gasteiger charge is 2.29. The highest BCUT2D eigenvalue weighted by Crippen LogP contribution is 2.36. The summed E-state index contributed by atoms with van der Waals surface area (Å²) in [7, 11) is 3.41. The normalized spacial score (nSPS) is 19.3. The van der Waals surface area contributed by atoms with Gasteiger partial charge in [0.25, 0.3) is 0 Å². The van der Waals surface area contributed by atoms with E-state index in [2.05, 4.69) is 17.0 Å². The van der Waals surface area contributed by atoms with Crippen molar-refractivity contribution in [3.05, 3.63) is 40.8 Å². The van der Waals surface area contributed by atoms with E-state index in [1.165, 1.54) is 35.5 Å². The lowest BCUT2D eigenvalue weighted by Crippen LogP contribution is -2.24. The van der Waals surface area contributed by atoms with Crippen molar-refractivity contribution in [3.8, 4) is 11.5 Å². The van der Waals surface area contributed by atoms with Crippen LogP contribution in [-0.2, 0) is 12.8 Å².